The maximum absolute atomic E-state index is 13.8. The molecule has 0 aromatic heterocycles. The molecule has 3 rings (SSSR count). The number of likely N-dealkylation sites (tertiary alicyclic amines) is 1. The average molecular weight is 524 g/mol. The number of halogens is 4. The van der Waals surface area contributed by atoms with Gasteiger partial charge in [-0.1, -0.05) is 18.2 Å². The van der Waals surface area contributed by atoms with Crippen molar-refractivity contribution >= 4 is 23.6 Å². The zero-order valence-electron chi connectivity index (χ0n) is 19.7. The van der Waals surface area contributed by atoms with Gasteiger partial charge in [-0.3, -0.25) is 19.2 Å². The van der Waals surface area contributed by atoms with Gasteiger partial charge in [0.1, 0.15) is 12.6 Å². The van der Waals surface area contributed by atoms with Gasteiger partial charge >= 0.3 is 5.97 Å². The van der Waals surface area contributed by atoms with Gasteiger partial charge in [-0.25, -0.2) is 8.78 Å². The molecule has 2 N–H and O–H groups in total. The lowest BCUT2D eigenvalue weighted by atomic mass is 9.92. The van der Waals surface area contributed by atoms with E-state index in [2.05, 4.69) is 10.1 Å². The Hall–Kier alpha value is -3.96. The van der Waals surface area contributed by atoms with Gasteiger partial charge in [0.25, 0.3) is 5.91 Å². The van der Waals surface area contributed by atoms with Gasteiger partial charge in [-0.05, 0) is 31.9 Å². The van der Waals surface area contributed by atoms with Gasteiger partial charge in [-0.15, -0.1) is 0 Å². The fraction of sp³-hybridized carbons (Fsp3) is 0.360. The van der Waals surface area contributed by atoms with Gasteiger partial charge in [0, 0.05) is 30.6 Å². The van der Waals surface area contributed by atoms with Crippen molar-refractivity contribution in [2.24, 2.45) is 11.8 Å². The van der Waals surface area contributed by atoms with Crippen molar-refractivity contribution in [1.82, 2.24) is 10.2 Å². The zero-order chi connectivity index (χ0) is 27.3. The van der Waals surface area contributed by atoms with E-state index >= 15 is 0 Å². The Morgan fingerprint density at radius 3 is 2.14 bits per heavy atom. The summed E-state index contributed by atoms with van der Waals surface area (Å²) in [5.74, 6) is -14.2. The molecule has 0 radical (unpaired) electrons. The van der Waals surface area contributed by atoms with Crippen LogP contribution in [0, 0.1) is 35.1 Å². The Bertz CT molecular complexity index is 1160. The van der Waals surface area contributed by atoms with Crippen molar-refractivity contribution in [1.29, 1.82) is 0 Å². The van der Waals surface area contributed by atoms with Crippen molar-refractivity contribution in [3.63, 3.8) is 0 Å². The Kier molecular flexibility index (Phi) is 8.85. The van der Waals surface area contributed by atoms with Crippen LogP contribution in [-0.4, -0.2) is 59.3 Å². The summed E-state index contributed by atoms with van der Waals surface area (Å²) in [6.45, 7) is 0.482. The van der Waals surface area contributed by atoms with Crippen LogP contribution in [0.4, 0.5) is 17.6 Å². The van der Waals surface area contributed by atoms with E-state index in [1.165, 1.54) is 0 Å². The van der Waals surface area contributed by atoms with Gasteiger partial charge in [0.05, 0.1) is 5.92 Å². The molecule has 0 spiro atoms. The lowest BCUT2D eigenvalue weighted by molar-refractivity contribution is -0.145. The maximum atomic E-state index is 13.8. The molecule has 1 aliphatic rings. The lowest BCUT2D eigenvalue weighted by Gasteiger charge is -2.32. The molecule has 0 unspecified atom stereocenters. The third-order valence-corrected chi connectivity index (χ3v) is 6.14. The van der Waals surface area contributed by atoms with Gasteiger partial charge < -0.3 is 20.1 Å². The first-order valence-electron chi connectivity index (χ1n) is 11.4. The molecule has 2 atom stereocenters. The second kappa shape index (κ2) is 11.8. The zero-order valence-corrected chi connectivity index (χ0v) is 19.7. The van der Waals surface area contributed by atoms with E-state index in [-0.39, 0.29) is 37.9 Å². The Balaban J connectivity index is 1.64. The summed E-state index contributed by atoms with van der Waals surface area (Å²) < 4.78 is 59.1. The first-order chi connectivity index (χ1) is 17.5. The third kappa shape index (κ3) is 6.43. The predicted molar refractivity (Wildman–Crippen MR) is 121 cm³/mol. The highest BCUT2D eigenvalue weighted by molar-refractivity contribution is 5.95. The molecular weight excluding hydrogens is 500 g/mol. The number of ether oxygens (including phenoxy) is 1. The standard InChI is InChI=1S/C25H24F4N2O6/c1-13(25(35)36)21(18(32)12-37-22-19(28)16(26)11-17(27)20(22)29)30-23(33)14-7-9-31(10-8-14)24(34)15-5-3-2-4-6-15/h2-6,11,13-14,21H,7-10,12H2,1H3,(H,30,33)(H,35,36)/t13-,21+/m1/s1. The number of carbonyl (C=O) groups is 4. The van der Waals surface area contributed by atoms with Crippen LogP contribution in [0.1, 0.15) is 30.1 Å². The molecule has 0 bridgehead atoms. The Morgan fingerprint density at radius 1 is 1.03 bits per heavy atom. The van der Waals surface area contributed by atoms with E-state index in [1.54, 1.807) is 35.2 Å². The minimum atomic E-state index is -1.87. The summed E-state index contributed by atoms with van der Waals surface area (Å²) in [7, 11) is 0. The van der Waals surface area contributed by atoms with Gasteiger partial charge in [0.15, 0.2) is 23.2 Å². The van der Waals surface area contributed by atoms with E-state index in [9.17, 15) is 41.8 Å². The van der Waals surface area contributed by atoms with Crippen LogP contribution in [-0.2, 0) is 14.4 Å². The van der Waals surface area contributed by atoms with Crippen LogP contribution >= 0.6 is 0 Å². The smallest absolute Gasteiger partial charge is 0.308 e. The fourth-order valence-electron chi connectivity index (χ4n) is 3.92. The number of Topliss-reactive ketones (excluding diaryl/α,β-unsaturated/α-hetero) is 1. The SMILES string of the molecule is C[C@@H](C(=O)O)[C@H](NC(=O)C1CCN(C(=O)c2ccccc2)CC1)C(=O)COc1c(F)c(F)cc(F)c1F. The molecule has 1 fully saturated rings. The van der Waals surface area contributed by atoms with Crippen LogP contribution in [0.2, 0.25) is 0 Å². The molecule has 1 saturated heterocycles. The first kappa shape index (κ1) is 27.6. The van der Waals surface area contributed by atoms with Crippen LogP contribution in [0.5, 0.6) is 5.75 Å². The maximum Gasteiger partial charge on any atom is 0.308 e. The normalized spacial score (nSPS) is 15.5. The molecule has 2 aromatic rings. The molecule has 1 aliphatic heterocycles. The molecule has 8 nitrogen and oxygen atoms in total. The lowest BCUT2D eigenvalue weighted by Crippen LogP contribution is -2.52. The number of aliphatic carboxylic acids is 1. The third-order valence-electron chi connectivity index (χ3n) is 6.14. The van der Waals surface area contributed by atoms with E-state index in [4.69, 9.17) is 0 Å². The predicted octanol–water partition coefficient (Wildman–Crippen LogP) is 2.95. The molecule has 1 heterocycles. The molecular formula is C25H24F4N2O6. The summed E-state index contributed by atoms with van der Waals surface area (Å²) in [6, 6.07) is 6.88. The molecule has 12 heteroatoms. The number of carboxylic acids is 1. The summed E-state index contributed by atoms with van der Waals surface area (Å²) in [5, 5.41) is 11.7. The van der Waals surface area contributed by atoms with Crippen molar-refractivity contribution in [2.75, 3.05) is 19.7 Å². The number of benzene rings is 2. The molecule has 0 aliphatic carbocycles. The van der Waals surface area contributed by atoms with E-state index in [1.807, 2.05) is 0 Å². The monoisotopic (exact) mass is 524 g/mol. The minimum Gasteiger partial charge on any atom is -0.481 e. The largest absolute Gasteiger partial charge is 0.481 e. The highest BCUT2D eigenvalue weighted by atomic mass is 19.2. The fourth-order valence-corrected chi connectivity index (χ4v) is 3.92. The highest BCUT2D eigenvalue weighted by Gasteiger charge is 2.35. The molecule has 0 saturated carbocycles. The Morgan fingerprint density at radius 2 is 1.59 bits per heavy atom. The quantitative estimate of drug-likeness (QED) is 0.385. The minimum absolute atomic E-state index is 0.0341. The molecule has 2 amide bonds. The van der Waals surface area contributed by atoms with Crippen molar-refractivity contribution < 1.29 is 46.6 Å². The highest BCUT2D eigenvalue weighted by Crippen LogP contribution is 2.27. The number of rotatable bonds is 9. The van der Waals surface area contributed by atoms with Crippen molar-refractivity contribution in [3.05, 3.63) is 65.2 Å². The summed E-state index contributed by atoms with van der Waals surface area (Å²) >= 11 is 0. The second-order valence-corrected chi connectivity index (χ2v) is 8.60. The molecule has 37 heavy (non-hydrogen) atoms. The van der Waals surface area contributed by atoms with Crippen LogP contribution in [0.15, 0.2) is 36.4 Å². The summed E-state index contributed by atoms with van der Waals surface area (Å²) in [6.07, 6.45) is 0.504. The van der Waals surface area contributed by atoms with Crippen molar-refractivity contribution in [2.45, 2.75) is 25.8 Å². The van der Waals surface area contributed by atoms with E-state index in [0.717, 1.165) is 6.92 Å². The number of piperidine rings is 1. The topological polar surface area (TPSA) is 113 Å². The number of amides is 2. The molecule has 198 valence electrons. The number of hydrogen-bond donors (Lipinski definition) is 2. The number of carbonyl (C=O) groups excluding carboxylic acids is 3. The van der Waals surface area contributed by atoms with Gasteiger partial charge in [-0.2, -0.15) is 8.78 Å². The van der Waals surface area contributed by atoms with Crippen LogP contribution in [0.25, 0.3) is 0 Å². The number of nitrogens with zero attached hydrogens (tertiary/aromatic N) is 1. The Labute approximate surface area is 209 Å². The average Bonchev–Trinajstić information content (AvgIpc) is 2.90. The summed E-state index contributed by atoms with van der Waals surface area (Å²) in [5.41, 5.74) is 0.498. The molecule has 2 aromatic carbocycles. The second-order valence-electron chi connectivity index (χ2n) is 8.60. The van der Waals surface area contributed by atoms with Gasteiger partial charge in [0.2, 0.25) is 17.5 Å². The van der Waals surface area contributed by atoms with Crippen LogP contribution in [0.3, 0.4) is 0 Å². The van der Waals surface area contributed by atoms with Crippen LogP contribution < -0.4 is 10.1 Å². The number of hydrogen-bond acceptors (Lipinski definition) is 5. The number of nitrogens with one attached hydrogen (secondary N) is 1. The van der Waals surface area contributed by atoms with E-state index < -0.39 is 71.2 Å². The number of ketones is 1. The van der Waals surface area contributed by atoms with E-state index in [0.29, 0.717) is 5.56 Å². The summed E-state index contributed by atoms with van der Waals surface area (Å²) in [4.78, 5) is 51.2. The van der Waals surface area contributed by atoms with Crippen molar-refractivity contribution in [3.8, 4) is 5.75 Å². The number of carboxylic acid groups (broad SMARTS) is 1. The first-order valence-corrected chi connectivity index (χ1v) is 11.4.